The third kappa shape index (κ3) is 4.80. The Morgan fingerprint density at radius 3 is 2.65 bits per heavy atom. The van der Waals surface area contributed by atoms with Gasteiger partial charge in [0.15, 0.2) is 0 Å². The molecule has 0 saturated heterocycles. The molecule has 17 heavy (non-hydrogen) atoms. The Morgan fingerprint density at radius 1 is 1.47 bits per heavy atom. The average Bonchev–Trinajstić information content (AvgIpc) is 2.28. The van der Waals surface area contributed by atoms with Crippen LogP contribution >= 0.6 is 0 Å². The van der Waals surface area contributed by atoms with Gasteiger partial charge in [0.1, 0.15) is 9.84 Å². The zero-order valence-electron chi connectivity index (χ0n) is 10.2. The van der Waals surface area contributed by atoms with Crippen LogP contribution < -0.4 is 5.73 Å². The minimum absolute atomic E-state index is 0.0436. The van der Waals surface area contributed by atoms with Crippen molar-refractivity contribution < 1.29 is 8.42 Å². The minimum Gasteiger partial charge on any atom is -0.329 e. The lowest BCUT2D eigenvalue weighted by atomic mass is 10.1. The van der Waals surface area contributed by atoms with Crippen molar-refractivity contribution in [1.29, 1.82) is 0 Å². The maximum Gasteiger partial charge on any atom is 0.148 e. The van der Waals surface area contributed by atoms with Crippen molar-refractivity contribution in [3.05, 3.63) is 30.1 Å². The standard InChI is InChI=1S/C11H19N3O2S/c1-14(7-8-17(2,15)16)11(9-12)10-5-3-4-6-13-10/h3-6,11H,7-9,12H2,1-2H3. The number of sulfone groups is 1. The number of pyridine rings is 1. The van der Waals surface area contributed by atoms with Crippen LogP contribution in [0.5, 0.6) is 0 Å². The molecule has 0 amide bonds. The van der Waals surface area contributed by atoms with Gasteiger partial charge in [-0.25, -0.2) is 8.42 Å². The maximum atomic E-state index is 11.1. The second-order valence-electron chi connectivity index (χ2n) is 4.12. The van der Waals surface area contributed by atoms with E-state index in [9.17, 15) is 8.42 Å². The predicted molar refractivity (Wildman–Crippen MR) is 68.4 cm³/mol. The Hall–Kier alpha value is -0.980. The molecule has 0 spiro atoms. The van der Waals surface area contributed by atoms with Crippen LogP contribution in [0.2, 0.25) is 0 Å². The monoisotopic (exact) mass is 257 g/mol. The topological polar surface area (TPSA) is 76.3 Å². The van der Waals surface area contributed by atoms with Crippen LogP contribution in [0.4, 0.5) is 0 Å². The molecule has 0 aliphatic carbocycles. The molecular formula is C11H19N3O2S. The van der Waals surface area contributed by atoms with Crippen molar-refractivity contribution in [3.8, 4) is 0 Å². The average molecular weight is 257 g/mol. The molecule has 1 heterocycles. The second kappa shape index (κ2) is 6.09. The fourth-order valence-electron chi connectivity index (χ4n) is 1.57. The van der Waals surface area contributed by atoms with E-state index in [0.717, 1.165) is 5.69 Å². The number of nitrogens with zero attached hydrogens (tertiary/aromatic N) is 2. The van der Waals surface area contributed by atoms with Crippen LogP contribution in [0.25, 0.3) is 0 Å². The first-order valence-corrected chi connectivity index (χ1v) is 7.49. The third-order valence-corrected chi connectivity index (χ3v) is 3.52. The largest absolute Gasteiger partial charge is 0.329 e. The number of aromatic nitrogens is 1. The molecule has 0 aromatic carbocycles. The first-order chi connectivity index (χ1) is 7.94. The zero-order chi connectivity index (χ0) is 12.9. The van der Waals surface area contributed by atoms with Gasteiger partial charge in [0.05, 0.1) is 17.5 Å². The minimum atomic E-state index is -2.95. The van der Waals surface area contributed by atoms with Gasteiger partial charge in [0.25, 0.3) is 0 Å². The van der Waals surface area contributed by atoms with E-state index in [4.69, 9.17) is 5.73 Å². The molecule has 5 nitrogen and oxygen atoms in total. The fraction of sp³-hybridized carbons (Fsp3) is 0.545. The van der Waals surface area contributed by atoms with Gasteiger partial charge in [0, 0.05) is 25.5 Å². The molecular weight excluding hydrogens is 238 g/mol. The lowest BCUT2D eigenvalue weighted by Crippen LogP contribution is -2.34. The molecule has 6 heteroatoms. The lowest BCUT2D eigenvalue weighted by Gasteiger charge is -2.26. The van der Waals surface area contributed by atoms with Crippen LogP contribution in [0.1, 0.15) is 11.7 Å². The Morgan fingerprint density at radius 2 is 2.18 bits per heavy atom. The van der Waals surface area contributed by atoms with Crippen LogP contribution in [0.3, 0.4) is 0 Å². The van der Waals surface area contributed by atoms with Gasteiger partial charge in [-0.05, 0) is 19.2 Å². The second-order valence-corrected chi connectivity index (χ2v) is 6.38. The van der Waals surface area contributed by atoms with E-state index in [1.165, 1.54) is 6.26 Å². The summed E-state index contributed by atoms with van der Waals surface area (Å²) in [6.07, 6.45) is 2.95. The molecule has 1 unspecified atom stereocenters. The van der Waals surface area contributed by atoms with Crippen molar-refractivity contribution >= 4 is 9.84 Å². The van der Waals surface area contributed by atoms with Crippen molar-refractivity contribution in [1.82, 2.24) is 9.88 Å². The van der Waals surface area contributed by atoms with Gasteiger partial charge in [-0.2, -0.15) is 0 Å². The molecule has 0 aliphatic heterocycles. The Kier molecular flexibility index (Phi) is 5.04. The summed E-state index contributed by atoms with van der Waals surface area (Å²) >= 11 is 0. The maximum absolute atomic E-state index is 11.1. The molecule has 96 valence electrons. The molecule has 0 radical (unpaired) electrons. The smallest absolute Gasteiger partial charge is 0.148 e. The summed E-state index contributed by atoms with van der Waals surface area (Å²) in [5, 5.41) is 0. The molecule has 1 aromatic rings. The first-order valence-electron chi connectivity index (χ1n) is 5.43. The fourth-order valence-corrected chi connectivity index (χ4v) is 2.18. The summed E-state index contributed by atoms with van der Waals surface area (Å²) in [7, 11) is -1.09. The lowest BCUT2D eigenvalue weighted by molar-refractivity contribution is 0.259. The highest BCUT2D eigenvalue weighted by Crippen LogP contribution is 2.14. The normalized spacial score (nSPS) is 13.9. The summed E-state index contributed by atoms with van der Waals surface area (Å²) in [4.78, 5) is 6.16. The van der Waals surface area contributed by atoms with Crippen LogP contribution in [-0.2, 0) is 9.84 Å². The quantitative estimate of drug-likeness (QED) is 0.779. The van der Waals surface area contributed by atoms with Gasteiger partial charge in [-0.1, -0.05) is 6.07 Å². The predicted octanol–water partition coefficient (Wildman–Crippen LogP) is 0.0578. The summed E-state index contributed by atoms with van der Waals surface area (Å²) in [5.74, 6) is 0.132. The van der Waals surface area contributed by atoms with Crippen molar-refractivity contribution in [2.24, 2.45) is 5.73 Å². The van der Waals surface area contributed by atoms with E-state index >= 15 is 0 Å². The molecule has 0 saturated carbocycles. The van der Waals surface area contributed by atoms with E-state index in [2.05, 4.69) is 4.98 Å². The number of nitrogens with two attached hydrogens (primary N) is 1. The zero-order valence-corrected chi connectivity index (χ0v) is 11.0. The molecule has 1 rings (SSSR count). The number of rotatable bonds is 6. The van der Waals surface area contributed by atoms with E-state index < -0.39 is 9.84 Å². The summed E-state index contributed by atoms with van der Waals surface area (Å²) in [6, 6.07) is 5.59. The number of hydrogen-bond acceptors (Lipinski definition) is 5. The third-order valence-electron chi connectivity index (χ3n) is 2.60. The number of likely N-dealkylation sites (N-methyl/N-ethyl adjacent to an activating group) is 1. The Labute approximate surface area is 103 Å². The van der Waals surface area contributed by atoms with E-state index in [1.54, 1.807) is 6.20 Å². The number of hydrogen-bond donors (Lipinski definition) is 1. The summed E-state index contributed by atoms with van der Waals surface area (Å²) < 4.78 is 22.2. The van der Waals surface area contributed by atoms with Crippen molar-refractivity contribution in [2.45, 2.75) is 6.04 Å². The van der Waals surface area contributed by atoms with E-state index in [1.807, 2.05) is 30.1 Å². The van der Waals surface area contributed by atoms with Crippen LogP contribution in [0.15, 0.2) is 24.4 Å². The van der Waals surface area contributed by atoms with Crippen molar-refractivity contribution in [2.75, 3.05) is 32.1 Å². The van der Waals surface area contributed by atoms with E-state index in [-0.39, 0.29) is 11.8 Å². The van der Waals surface area contributed by atoms with Gasteiger partial charge in [-0.3, -0.25) is 9.88 Å². The van der Waals surface area contributed by atoms with Crippen molar-refractivity contribution in [3.63, 3.8) is 0 Å². The highest BCUT2D eigenvalue weighted by Gasteiger charge is 2.17. The Bertz CT molecular complexity index is 433. The molecule has 1 aromatic heterocycles. The van der Waals surface area contributed by atoms with Gasteiger partial charge in [0.2, 0.25) is 0 Å². The summed E-state index contributed by atoms with van der Waals surface area (Å²) in [5.41, 5.74) is 6.58. The Balaban J connectivity index is 2.68. The van der Waals surface area contributed by atoms with E-state index in [0.29, 0.717) is 13.1 Å². The summed E-state index contributed by atoms with van der Waals surface area (Å²) in [6.45, 7) is 0.870. The van der Waals surface area contributed by atoms with Crippen LogP contribution in [0, 0.1) is 0 Å². The van der Waals surface area contributed by atoms with Gasteiger partial charge >= 0.3 is 0 Å². The van der Waals surface area contributed by atoms with Crippen LogP contribution in [-0.4, -0.2) is 50.4 Å². The van der Waals surface area contributed by atoms with Gasteiger partial charge in [-0.15, -0.1) is 0 Å². The first kappa shape index (κ1) is 14.1. The molecule has 0 bridgehead atoms. The molecule has 1 atom stereocenters. The molecule has 0 fully saturated rings. The highest BCUT2D eigenvalue weighted by atomic mass is 32.2. The SMILES string of the molecule is CN(CCS(C)(=O)=O)C(CN)c1ccccn1. The van der Waals surface area contributed by atoms with Gasteiger partial charge < -0.3 is 5.73 Å². The highest BCUT2D eigenvalue weighted by molar-refractivity contribution is 7.90. The molecule has 0 aliphatic rings. The molecule has 2 N–H and O–H groups in total.